The molecular weight excluding hydrogens is 312 g/mol. The first kappa shape index (κ1) is 17.2. The third-order valence-electron chi connectivity index (χ3n) is 2.96. The van der Waals surface area contributed by atoms with E-state index in [9.17, 15) is 14.4 Å². The van der Waals surface area contributed by atoms with E-state index in [4.69, 9.17) is 4.74 Å². The van der Waals surface area contributed by atoms with Gasteiger partial charge >= 0.3 is 12.0 Å². The quantitative estimate of drug-likeness (QED) is 0.763. The Hall–Kier alpha value is -3.16. The van der Waals surface area contributed by atoms with Crippen LogP contribution in [-0.4, -0.2) is 40.8 Å². The summed E-state index contributed by atoms with van der Waals surface area (Å²) >= 11 is 0. The van der Waals surface area contributed by atoms with Crippen molar-refractivity contribution >= 4 is 17.9 Å². The summed E-state index contributed by atoms with van der Waals surface area (Å²) in [5, 5.41) is 8.61. The molecule has 8 nitrogen and oxygen atoms in total. The summed E-state index contributed by atoms with van der Waals surface area (Å²) < 4.78 is 6.48. The van der Waals surface area contributed by atoms with Gasteiger partial charge in [0.1, 0.15) is 0 Å². The van der Waals surface area contributed by atoms with Gasteiger partial charge in [0.05, 0.1) is 18.3 Å². The number of hydrogen-bond donors (Lipinski definition) is 2. The number of benzene rings is 1. The fourth-order valence-electron chi connectivity index (χ4n) is 1.90. The van der Waals surface area contributed by atoms with Crippen LogP contribution in [0.3, 0.4) is 0 Å². The van der Waals surface area contributed by atoms with E-state index < -0.39 is 24.5 Å². The van der Waals surface area contributed by atoms with Gasteiger partial charge in [0.2, 0.25) is 0 Å². The molecule has 2 N–H and O–H groups in total. The van der Waals surface area contributed by atoms with E-state index in [1.807, 2.05) is 35.6 Å². The predicted octanol–water partition coefficient (Wildman–Crippen LogP) is 0.804. The van der Waals surface area contributed by atoms with Crippen molar-refractivity contribution in [3.05, 3.63) is 48.3 Å². The van der Waals surface area contributed by atoms with Crippen LogP contribution in [0.25, 0.3) is 5.69 Å². The molecule has 126 valence electrons. The molecule has 24 heavy (non-hydrogen) atoms. The van der Waals surface area contributed by atoms with E-state index >= 15 is 0 Å². The predicted molar refractivity (Wildman–Crippen MR) is 85.4 cm³/mol. The van der Waals surface area contributed by atoms with E-state index in [2.05, 4.69) is 10.4 Å². The van der Waals surface area contributed by atoms with Gasteiger partial charge in [-0.15, -0.1) is 0 Å². The molecule has 0 spiro atoms. The second-order valence-electron chi connectivity index (χ2n) is 4.87. The normalized spacial score (nSPS) is 10.0. The van der Waals surface area contributed by atoms with Gasteiger partial charge in [-0.1, -0.05) is 18.2 Å². The van der Waals surface area contributed by atoms with Gasteiger partial charge in [-0.25, -0.2) is 9.48 Å². The largest absolute Gasteiger partial charge is 0.455 e. The molecule has 0 radical (unpaired) electrons. The minimum absolute atomic E-state index is 0.0126. The number of aromatic nitrogens is 2. The summed E-state index contributed by atoms with van der Waals surface area (Å²) in [6.07, 6.45) is 3.26. The molecule has 0 saturated carbocycles. The number of carbonyl (C=O) groups excluding carboxylic acids is 3. The molecule has 0 aliphatic heterocycles. The Bertz CT molecular complexity index is 712. The van der Waals surface area contributed by atoms with Crippen LogP contribution < -0.4 is 10.6 Å². The Morgan fingerprint density at radius 3 is 2.67 bits per heavy atom. The molecule has 0 atom stereocenters. The maximum absolute atomic E-state index is 11.7. The molecule has 0 bridgehead atoms. The van der Waals surface area contributed by atoms with Gasteiger partial charge < -0.3 is 10.1 Å². The number of ether oxygens (including phenoxy) is 1. The lowest BCUT2D eigenvalue weighted by Crippen LogP contribution is -2.41. The minimum atomic E-state index is -0.686. The molecule has 0 saturated heterocycles. The van der Waals surface area contributed by atoms with Crippen molar-refractivity contribution in [2.24, 2.45) is 0 Å². The Kier molecular flexibility index (Phi) is 6.07. The highest BCUT2D eigenvalue weighted by Gasteiger charge is 2.12. The molecule has 0 aliphatic carbocycles. The lowest BCUT2D eigenvalue weighted by atomic mass is 10.2. The second kappa shape index (κ2) is 8.47. The van der Waals surface area contributed by atoms with Crippen molar-refractivity contribution in [1.29, 1.82) is 0 Å². The fourth-order valence-corrected chi connectivity index (χ4v) is 1.90. The molecule has 2 rings (SSSR count). The summed E-state index contributed by atoms with van der Waals surface area (Å²) in [4.78, 5) is 34.3. The van der Waals surface area contributed by atoms with Crippen LogP contribution in [0.2, 0.25) is 0 Å². The van der Waals surface area contributed by atoms with E-state index in [1.165, 1.54) is 0 Å². The Morgan fingerprint density at radius 1 is 1.21 bits per heavy atom. The molecule has 0 aliphatic rings. The lowest BCUT2D eigenvalue weighted by molar-refractivity contribution is -0.147. The number of amides is 3. The van der Waals surface area contributed by atoms with E-state index in [1.54, 1.807) is 24.0 Å². The number of hydrogen-bond acceptors (Lipinski definition) is 5. The first-order valence-corrected chi connectivity index (χ1v) is 7.40. The maximum Gasteiger partial charge on any atom is 0.321 e. The van der Waals surface area contributed by atoms with E-state index in [0.717, 1.165) is 5.69 Å². The average Bonchev–Trinajstić information content (AvgIpc) is 3.02. The Morgan fingerprint density at radius 2 is 1.96 bits per heavy atom. The van der Waals surface area contributed by atoms with Crippen molar-refractivity contribution < 1.29 is 19.1 Å². The lowest BCUT2D eigenvalue weighted by Gasteiger charge is -2.05. The number of nitrogens with zero attached hydrogens (tertiary/aromatic N) is 2. The highest BCUT2D eigenvalue weighted by atomic mass is 16.5. The molecule has 0 unspecified atom stereocenters. The van der Waals surface area contributed by atoms with Gasteiger partial charge in [-0.3, -0.25) is 14.9 Å². The summed E-state index contributed by atoms with van der Waals surface area (Å²) in [6.45, 7) is 1.60. The first-order chi connectivity index (χ1) is 11.6. The number of rotatable bonds is 6. The molecule has 1 heterocycles. The Labute approximate surface area is 138 Å². The fraction of sp³-hybridized carbons (Fsp3) is 0.250. The van der Waals surface area contributed by atoms with Crippen LogP contribution in [-0.2, 0) is 20.7 Å². The van der Waals surface area contributed by atoms with Gasteiger partial charge in [0, 0.05) is 18.3 Å². The number of imide groups is 1. The van der Waals surface area contributed by atoms with Crippen LogP contribution in [0.1, 0.15) is 12.5 Å². The van der Waals surface area contributed by atoms with Gasteiger partial charge in [-0.05, 0) is 19.1 Å². The number of nitrogens with one attached hydrogen (secondary N) is 2. The SMILES string of the molecule is CCNC(=O)NC(=O)COC(=O)Cc1cnn(-c2ccccc2)c1. The number of para-hydroxylation sites is 1. The first-order valence-electron chi connectivity index (χ1n) is 7.40. The number of esters is 1. The number of urea groups is 1. The molecule has 8 heteroatoms. The highest BCUT2D eigenvalue weighted by Crippen LogP contribution is 2.08. The van der Waals surface area contributed by atoms with Crippen LogP contribution in [0.15, 0.2) is 42.7 Å². The van der Waals surface area contributed by atoms with Crippen molar-refractivity contribution in [2.75, 3.05) is 13.2 Å². The van der Waals surface area contributed by atoms with Gasteiger partial charge in [0.15, 0.2) is 6.61 Å². The molecule has 3 amide bonds. The van der Waals surface area contributed by atoms with Crippen molar-refractivity contribution in [3.8, 4) is 5.69 Å². The molecular formula is C16H18N4O4. The smallest absolute Gasteiger partial charge is 0.321 e. The topological polar surface area (TPSA) is 102 Å². The van der Waals surface area contributed by atoms with Gasteiger partial charge in [-0.2, -0.15) is 5.10 Å². The van der Waals surface area contributed by atoms with Crippen molar-refractivity contribution in [1.82, 2.24) is 20.4 Å². The maximum atomic E-state index is 11.7. The zero-order chi connectivity index (χ0) is 17.4. The standard InChI is InChI=1S/C16H18N4O4/c1-2-17-16(23)19-14(21)11-24-15(22)8-12-9-18-20(10-12)13-6-4-3-5-7-13/h3-7,9-10H,2,8,11H2,1H3,(H2,17,19,21,23). The molecule has 0 fully saturated rings. The Balaban J connectivity index is 1.80. The minimum Gasteiger partial charge on any atom is -0.455 e. The molecule has 1 aromatic carbocycles. The van der Waals surface area contributed by atoms with E-state index in [0.29, 0.717) is 12.1 Å². The van der Waals surface area contributed by atoms with Crippen molar-refractivity contribution in [2.45, 2.75) is 13.3 Å². The third-order valence-corrected chi connectivity index (χ3v) is 2.96. The monoisotopic (exact) mass is 330 g/mol. The summed E-state index contributed by atoms with van der Waals surface area (Å²) in [6, 6.07) is 8.83. The summed E-state index contributed by atoms with van der Waals surface area (Å²) in [5.41, 5.74) is 1.53. The summed E-state index contributed by atoms with van der Waals surface area (Å²) in [7, 11) is 0. The zero-order valence-corrected chi connectivity index (χ0v) is 13.2. The van der Waals surface area contributed by atoms with Crippen molar-refractivity contribution in [3.63, 3.8) is 0 Å². The van der Waals surface area contributed by atoms with E-state index in [-0.39, 0.29) is 6.42 Å². The highest BCUT2D eigenvalue weighted by molar-refractivity contribution is 5.95. The average molecular weight is 330 g/mol. The zero-order valence-electron chi connectivity index (χ0n) is 13.2. The van der Waals surface area contributed by atoms with Crippen LogP contribution >= 0.6 is 0 Å². The van der Waals surface area contributed by atoms with Crippen LogP contribution in [0.4, 0.5) is 4.79 Å². The second-order valence-corrected chi connectivity index (χ2v) is 4.87. The van der Waals surface area contributed by atoms with Gasteiger partial charge in [0.25, 0.3) is 5.91 Å². The van der Waals surface area contributed by atoms with Crippen LogP contribution in [0.5, 0.6) is 0 Å². The molecule has 2 aromatic rings. The molecule has 1 aromatic heterocycles. The number of carbonyl (C=O) groups is 3. The van der Waals surface area contributed by atoms with Crippen LogP contribution in [0, 0.1) is 0 Å². The summed E-state index contributed by atoms with van der Waals surface area (Å²) in [5.74, 6) is -1.26. The third kappa shape index (κ3) is 5.24.